The van der Waals surface area contributed by atoms with Crippen molar-refractivity contribution in [2.24, 2.45) is 0 Å². The minimum absolute atomic E-state index is 0.0599. The Morgan fingerprint density at radius 3 is 1.81 bits per heavy atom. The first kappa shape index (κ1) is 24.3. The van der Waals surface area contributed by atoms with Gasteiger partial charge in [0.2, 0.25) is 0 Å². The van der Waals surface area contributed by atoms with Gasteiger partial charge in [0, 0.05) is 12.5 Å². The maximum Gasteiger partial charge on any atom is 0.410 e. The average molecular weight is 492 g/mol. The van der Waals surface area contributed by atoms with E-state index in [1.165, 1.54) is 4.90 Å². The molecule has 0 saturated heterocycles. The smallest absolute Gasteiger partial charge is 0.410 e. The maximum atomic E-state index is 13.4. The third-order valence-electron chi connectivity index (χ3n) is 6.80. The number of fused-ring (bicyclic) bond motifs is 3. The summed E-state index contributed by atoms with van der Waals surface area (Å²) >= 11 is 0. The Morgan fingerprint density at radius 1 is 0.703 bits per heavy atom. The first-order valence-electron chi connectivity index (χ1n) is 12.5. The van der Waals surface area contributed by atoms with E-state index in [0.717, 1.165) is 33.4 Å². The van der Waals surface area contributed by atoms with E-state index in [4.69, 9.17) is 9.47 Å². The first-order valence-corrected chi connectivity index (χ1v) is 12.5. The van der Waals surface area contributed by atoms with E-state index in [1.54, 1.807) is 6.92 Å². The summed E-state index contributed by atoms with van der Waals surface area (Å²) < 4.78 is 11.4. The van der Waals surface area contributed by atoms with Crippen LogP contribution in [0.1, 0.15) is 35.1 Å². The number of carbonyl (C=O) groups excluding carboxylic acids is 2. The maximum absolute atomic E-state index is 13.4. The Balaban J connectivity index is 1.32. The lowest BCUT2D eigenvalue weighted by Crippen LogP contribution is -2.44. The predicted octanol–water partition coefficient (Wildman–Crippen LogP) is 6.57. The van der Waals surface area contributed by atoms with Gasteiger partial charge in [-0.3, -0.25) is 4.90 Å². The zero-order valence-electron chi connectivity index (χ0n) is 20.7. The zero-order valence-corrected chi connectivity index (χ0v) is 20.7. The van der Waals surface area contributed by atoms with Crippen LogP contribution in [0.4, 0.5) is 4.79 Å². The van der Waals surface area contributed by atoms with Gasteiger partial charge in [0.05, 0.1) is 0 Å². The van der Waals surface area contributed by atoms with Gasteiger partial charge in [-0.1, -0.05) is 109 Å². The van der Waals surface area contributed by atoms with Crippen molar-refractivity contribution in [3.05, 3.63) is 131 Å². The molecule has 4 aromatic carbocycles. The zero-order chi connectivity index (χ0) is 25.6. The van der Waals surface area contributed by atoms with E-state index in [0.29, 0.717) is 0 Å². The minimum Gasteiger partial charge on any atom is -0.459 e. The lowest BCUT2D eigenvalue weighted by molar-refractivity contribution is -0.150. The van der Waals surface area contributed by atoms with Crippen LogP contribution < -0.4 is 0 Å². The van der Waals surface area contributed by atoms with Crippen molar-refractivity contribution in [3.8, 4) is 11.1 Å². The largest absolute Gasteiger partial charge is 0.459 e. The van der Waals surface area contributed by atoms with Gasteiger partial charge in [-0.15, -0.1) is 0 Å². The summed E-state index contributed by atoms with van der Waals surface area (Å²) in [7, 11) is 0. The molecule has 0 bridgehead atoms. The number of esters is 1. The Hall–Kier alpha value is -4.38. The molecule has 0 radical (unpaired) electrons. The molecule has 0 aromatic heterocycles. The quantitative estimate of drug-likeness (QED) is 0.262. The molecule has 0 spiro atoms. The third-order valence-corrected chi connectivity index (χ3v) is 6.80. The van der Waals surface area contributed by atoms with E-state index in [2.05, 4.69) is 24.3 Å². The number of hydrogen-bond donors (Lipinski definition) is 0. The molecular weight excluding hydrogens is 462 g/mol. The molecule has 37 heavy (non-hydrogen) atoms. The van der Waals surface area contributed by atoms with Gasteiger partial charge < -0.3 is 9.47 Å². The molecule has 0 aliphatic heterocycles. The summed E-state index contributed by atoms with van der Waals surface area (Å²) in [4.78, 5) is 27.9. The van der Waals surface area contributed by atoms with E-state index in [-0.39, 0.29) is 25.7 Å². The number of hydrogen-bond acceptors (Lipinski definition) is 4. The lowest BCUT2D eigenvalue weighted by Gasteiger charge is -2.28. The van der Waals surface area contributed by atoms with Crippen molar-refractivity contribution in [3.63, 3.8) is 0 Å². The van der Waals surface area contributed by atoms with Crippen LogP contribution in [0.5, 0.6) is 0 Å². The molecular formula is C32H29NO4. The fraction of sp³-hybridized carbons (Fsp3) is 0.188. The van der Waals surface area contributed by atoms with Crippen LogP contribution in [0, 0.1) is 0 Å². The second-order valence-electron chi connectivity index (χ2n) is 9.19. The van der Waals surface area contributed by atoms with Crippen molar-refractivity contribution in [1.29, 1.82) is 0 Å². The van der Waals surface area contributed by atoms with E-state index in [9.17, 15) is 9.59 Å². The van der Waals surface area contributed by atoms with Gasteiger partial charge in [-0.25, -0.2) is 9.59 Å². The average Bonchev–Trinajstić information content (AvgIpc) is 3.27. The molecule has 1 atom stereocenters. The Labute approximate surface area is 217 Å². The predicted molar refractivity (Wildman–Crippen MR) is 143 cm³/mol. The van der Waals surface area contributed by atoms with Gasteiger partial charge in [-0.05, 0) is 40.3 Å². The van der Waals surface area contributed by atoms with Gasteiger partial charge >= 0.3 is 12.1 Å². The van der Waals surface area contributed by atoms with Crippen molar-refractivity contribution in [2.75, 3.05) is 6.61 Å². The van der Waals surface area contributed by atoms with Gasteiger partial charge in [-0.2, -0.15) is 0 Å². The fourth-order valence-corrected chi connectivity index (χ4v) is 4.79. The summed E-state index contributed by atoms with van der Waals surface area (Å²) in [5, 5.41) is 0. The van der Waals surface area contributed by atoms with Gasteiger partial charge in [0.1, 0.15) is 19.3 Å². The van der Waals surface area contributed by atoms with Crippen LogP contribution in [0.3, 0.4) is 0 Å². The first-order chi connectivity index (χ1) is 18.1. The standard InChI is InChI=1S/C32H29NO4/c1-23(31(34)36-21-25-14-6-3-7-15-25)33(20-24-12-4-2-5-13-24)32(35)37-22-30-28-18-10-8-16-26(28)27-17-9-11-19-29(27)30/h2-19,23,30H,20-22H2,1H3/t23-/m0/s1. The highest BCUT2D eigenvalue weighted by molar-refractivity contribution is 5.82. The monoisotopic (exact) mass is 491 g/mol. The Bertz CT molecular complexity index is 1320. The van der Waals surface area contributed by atoms with Crippen LogP contribution in [0.25, 0.3) is 11.1 Å². The van der Waals surface area contributed by atoms with Crippen molar-refractivity contribution in [1.82, 2.24) is 4.90 Å². The summed E-state index contributed by atoms with van der Waals surface area (Å²) in [5.74, 6) is -0.538. The topological polar surface area (TPSA) is 55.8 Å². The SMILES string of the molecule is C[C@@H](C(=O)OCc1ccccc1)N(Cc1ccccc1)C(=O)OCC1c2ccccc2-c2ccccc21. The molecule has 0 heterocycles. The highest BCUT2D eigenvalue weighted by Crippen LogP contribution is 2.44. The Kier molecular flexibility index (Phi) is 7.31. The summed E-state index contributed by atoms with van der Waals surface area (Å²) in [5.41, 5.74) is 6.40. The molecule has 1 aliphatic rings. The fourth-order valence-electron chi connectivity index (χ4n) is 4.79. The van der Waals surface area contributed by atoms with Gasteiger partial charge in [0.15, 0.2) is 0 Å². The van der Waals surface area contributed by atoms with Crippen molar-refractivity contribution >= 4 is 12.1 Å². The van der Waals surface area contributed by atoms with Crippen LogP contribution >= 0.6 is 0 Å². The van der Waals surface area contributed by atoms with Crippen molar-refractivity contribution < 1.29 is 19.1 Å². The molecule has 0 fully saturated rings. The molecule has 5 rings (SSSR count). The van der Waals surface area contributed by atoms with Crippen molar-refractivity contribution in [2.45, 2.75) is 32.0 Å². The number of amides is 1. The van der Waals surface area contributed by atoms with E-state index >= 15 is 0 Å². The lowest BCUT2D eigenvalue weighted by atomic mass is 9.98. The molecule has 4 aromatic rings. The van der Waals surface area contributed by atoms with Crippen LogP contribution in [0.2, 0.25) is 0 Å². The number of nitrogens with zero attached hydrogens (tertiary/aromatic N) is 1. The second kappa shape index (κ2) is 11.1. The highest BCUT2D eigenvalue weighted by atomic mass is 16.6. The minimum atomic E-state index is -0.820. The molecule has 0 N–H and O–H groups in total. The highest BCUT2D eigenvalue weighted by Gasteiger charge is 2.32. The summed E-state index contributed by atoms with van der Waals surface area (Å²) in [6.07, 6.45) is -0.546. The summed E-state index contributed by atoms with van der Waals surface area (Å²) in [6, 6.07) is 34.7. The third kappa shape index (κ3) is 5.41. The second-order valence-corrected chi connectivity index (χ2v) is 9.19. The van der Waals surface area contributed by atoms with Crippen LogP contribution in [0.15, 0.2) is 109 Å². The molecule has 1 aliphatic carbocycles. The van der Waals surface area contributed by atoms with Crippen LogP contribution in [-0.4, -0.2) is 29.6 Å². The van der Waals surface area contributed by atoms with Crippen LogP contribution in [-0.2, 0) is 27.4 Å². The molecule has 5 nitrogen and oxygen atoms in total. The summed E-state index contributed by atoms with van der Waals surface area (Å²) in [6.45, 7) is 2.24. The number of benzene rings is 4. The van der Waals surface area contributed by atoms with Gasteiger partial charge in [0.25, 0.3) is 0 Å². The molecule has 186 valence electrons. The molecule has 1 amide bonds. The van der Waals surface area contributed by atoms with E-state index in [1.807, 2.05) is 84.9 Å². The molecule has 0 saturated carbocycles. The number of rotatable bonds is 8. The Morgan fingerprint density at radius 2 is 1.22 bits per heavy atom. The normalized spacial score (nSPS) is 12.8. The molecule has 5 heteroatoms. The molecule has 0 unspecified atom stereocenters. The van der Waals surface area contributed by atoms with E-state index < -0.39 is 18.1 Å². The number of ether oxygens (including phenoxy) is 2. The number of carbonyl (C=O) groups is 2.